The Morgan fingerprint density at radius 2 is 1.46 bits per heavy atom. The van der Waals surface area contributed by atoms with Crippen molar-refractivity contribution in [3.05, 3.63) is 34.6 Å². The van der Waals surface area contributed by atoms with Crippen LogP contribution in [0.5, 0.6) is 0 Å². The molecule has 0 radical (unpaired) electrons. The first-order chi connectivity index (χ1) is 12.5. The molecule has 0 fully saturated rings. The lowest BCUT2D eigenvalue weighted by atomic mass is 9.91. The highest BCUT2D eigenvalue weighted by atomic mass is 16.6. The summed E-state index contributed by atoms with van der Waals surface area (Å²) in [5.74, 6) is -3.37. The lowest BCUT2D eigenvalue weighted by Crippen LogP contribution is -2.31. The van der Waals surface area contributed by atoms with Gasteiger partial charge in [-0.3, -0.25) is 9.59 Å². The van der Waals surface area contributed by atoms with Gasteiger partial charge in [0.2, 0.25) is 0 Å². The van der Waals surface area contributed by atoms with Gasteiger partial charge in [0.1, 0.15) is 11.3 Å². The summed E-state index contributed by atoms with van der Waals surface area (Å²) in [6, 6.07) is 0. The van der Waals surface area contributed by atoms with Crippen molar-refractivity contribution in [2.24, 2.45) is 5.92 Å². The number of carbonyl (C=O) groups excluding carboxylic acids is 3. The van der Waals surface area contributed by atoms with Gasteiger partial charge in [-0.15, -0.1) is 0 Å². The number of ether oxygens (including phenoxy) is 4. The first kappa shape index (κ1) is 21.5. The van der Waals surface area contributed by atoms with Gasteiger partial charge in [-0.05, 0) is 46.3 Å². The van der Waals surface area contributed by atoms with Crippen LogP contribution in [0.1, 0.15) is 34.6 Å². The maximum absolute atomic E-state index is 12.5. The Hall–Kier alpha value is -2.57. The van der Waals surface area contributed by atoms with Crippen molar-refractivity contribution >= 4 is 17.9 Å². The molecule has 1 rings (SSSR count). The fourth-order valence-electron chi connectivity index (χ4n) is 2.58. The van der Waals surface area contributed by atoms with Gasteiger partial charge in [-0.25, -0.2) is 4.79 Å². The molecule has 0 aromatic heterocycles. The van der Waals surface area contributed by atoms with Crippen molar-refractivity contribution < 1.29 is 33.3 Å². The van der Waals surface area contributed by atoms with Crippen molar-refractivity contribution in [1.82, 2.24) is 0 Å². The molecule has 0 unspecified atom stereocenters. The molecule has 144 valence electrons. The molecule has 0 heterocycles. The number of esters is 3. The molecular weight excluding hydrogens is 340 g/mol. The SMILES string of the molecule is C/C=C1\C=C(OCC)C(C(=O)OCC)=C1C(C(=O)OCC)C(=O)OCC. The minimum absolute atomic E-state index is 0.0490. The molecule has 0 amide bonds. The van der Waals surface area contributed by atoms with Gasteiger partial charge < -0.3 is 18.9 Å². The van der Waals surface area contributed by atoms with Crippen LogP contribution in [-0.2, 0) is 33.3 Å². The van der Waals surface area contributed by atoms with E-state index in [9.17, 15) is 14.4 Å². The summed E-state index contributed by atoms with van der Waals surface area (Å²) in [4.78, 5) is 37.5. The summed E-state index contributed by atoms with van der Waals surface area (Å²) in [7, 11) is 0. The fraction of sp³-hybridized carbons (Fsp3) is 0.526. The lowest BCUT2D eigenvalue weighted by molar-refractivity contribution is -0.159. The zero-order valence-electron chi connectivity index (χ0n) is 15.9. The molecule has 7 heteroatoms. The Morgan fingerprint density at radius 1 is 0.923 bits per heavy atom. The van der Waals surface area contributed by atoms with E-state index in [0.29, 0.717) is 12.2 Å². The van der Waals surface area contributed by atoms with Crippen molar-refractivity contribution in [3.8, 4) is 0 Å². The molecule has 26 heavy (non-hydrogen) atoms. The highest BCUT2D eigenvalue weighted by Gasteiger charge is 2.42. The quantitative estimate of drug-likeness (QED) is 0.352. The molecule has 0 saturated carbocycles. The van der Waals surface area contributed by atoms with Crippen LogP contribution in [0.2, 0.25) is 0 Å². The van der Waals surface area contributed by atoms with Gasteiger partial charge in [0.15, 0.2) is 5.92 Å². The second kappa shape index (κ2) is 10.4. The normalized spacial score (nSPS) is 15.2. The predicted octanol–water partition coefficient (Wildman–Crippen LogP) is 2.47. The molecule has 1 aliphatic rings. The van der Waals surface area contributed by atoms with Crippen molar-refractivity contribution in [3.63, 3.8) is 0 Å². The number of hydrogen-bond donors (Lipinski definition) is 0. The Labute approximate surface area is 153 Å². The van der Waals surface area contributed by atoms with Gasteiger partial charge in [0.25, 0.3) is 0 Å². The maximum atomic E-state index is 12.5. The molecular formula is C19H26O7. The van der Waals surface area contributed by atoms with E-state index in [1.165, 1.54) is 0 Å². The van der Waals surface area contributed by atoms with E-state index in [2.05, 4.69) is 0 Å². The Bertz CT molecular complexity index is 622. The molecule has 0 aromatic rings. The van der Waals surface area contributed by atoms with Crippen LogP contribution < -0.4 is 0 Å². The predicted molar refractivity (Wildman–Crippen MR) is 93.9 cm³/mol. The largest absolute Gasteiger partial charge is 0.493 e. The molecule has 0 bridgehead atoms. The molecule has 0 aliphatic heterocycles. The molecule has 0 atom stereocenters. The van der Waals surface area contributed by atoms with Crippen molar-refractivity contribution in [2.75, 3.05) is 26.4 Å². The highest BCUT2D eigenvalue weighted by molar-refractivity contribution is 6.05. The van der Waals surface area contributed by atoms with Crippen LogP contribution in [-0.4, -0.2) is 44.3 Å². The van der Waals surface area contributed by atoms with E-state index in [0.717, 1.165) is 0 Å². The third-order valence-electron chi connectivity index (χ3n) is 3.54. The summed E-state index contributed by atoms with van der Waals surface area (Å²) in [6.07, 6.45) is 3.29. The summed E-state index contributed by atoms with van der Waals surface area (Å²) in [5.41, 5.74) is 0.752. The summed E-state index contributed by atoms with van der Waals surface area (Å²) in [6.45, 7) is 9.07. The summed E-state index contributed by atoms with van der Waals surface area (Å²) in [5, 5.41) is 0. The average Bonchev–Trinajstić information content (AvgIpc) is 2.94. The van der Waals surface area contributed by atoms with E-state index in [-0.39, 0.29) is 36.7 Å². The second-order valence-electron chi connectivity index (χ2n) is 5.13. The smallest absolute Gasteiger partial charge is 0.342 e. The van der Waals surface area contributed by atoms with Crippen LogP contribution in [0.25, 0.3) is 0 Å². The van der Waals surface area contributed by atoms with E-state index in [1.807, 2.05) is 0 Å². The first-order valence-electron chi connectivity index (χ1n) is 8.72. The molecule has 0 aromatic carbocycles. The van der Waals surface area contributed by atoms with Crippen molar-refractivity contribution in [1.29, 1.82) is 0 Å². The minimum atomic E-state index is -1.39. The second-order valence-corrected chi connectivity index (χ2v) is 5.13. The van der Waals surface area contributed by atoms with E-state index in [1.54, 1.807) is 46.8 Å². The molecule has 7 nitrogen and oxygen atoms in total. The third kappa shape index (κ3) is 4.74. The summed E-state index contributed by atoms with van der Waals surface area (Å²) >= 11 is 0. The molecule has 0 saturated heterocycles. The van der Waals surface area contributed by atoms with Gasteiger partial charge in [-0.1, -0.05) is 6.08 Å². The van der Waals surface area contributed by atoms with Gasteiger partial charge in [0, 0.05) is 5.57 Å². The zero-order chi connectivity index (χ0) is 19.7. The fourth-order valence-corrected chi connectivity index (χ4v) is 2.58. The summed E-state index contributed by atoms with van der Waals surface area (Å²) < 4.78 is 20.7. The Balaban J connectivity index is 3.58. The Kier molecular flexibility index (Phi) is 8.61. The van der Waals surface area contributed by atoms with E-state index in [4.69, 9.17) is 18.9 Å². The van der Waals surface area contributed by atoms with Crippen LogP contribution >= 0.6 is 0 Å². The minimum Gasteiger partial charge on any atom is -0.493 e. The third-order valence-corrected chi connectivity index (χ3v) is 3.54. The number of rotatable bonds is 9. The number of carbonyl (C=O) groups is 3. The monoisotopic (exact) mass is 366 g/mol. The van der Waals surface area contributed by atoms with Crippen molar-refractivity contribution in [2.45, 2.75) is 34.6 Å². The first-order valence-corrected chi connectivity index (χ1v) is 8.72. The van der Waals surface area contributed by atoms with Crippen LogP contribution in [0, 0.1) is 5.92 Å². The van der Waals surface area contributed by atoms with Crippen LogP contribution in [0.4, 0.5) is 0 Å². The number of hydrogen-bond acceptors (Lipinski definition) is 7. The van der Waals surface area contributed by atoms with E-state index < -0.39 is 23.8 Å². The molecule has 0 spiro atoms. The highest BCUT2D eigenvalue weighted by Crippen LogP contribution is 2.38. The van der Waals surface area contributed by atoms with Gasteiger partial charge in [-0.2, -0.15) is 0 Å². The van der Waals surface area contributed by atoms with E-state index >= 15 is 0 Å². The van der Waals surface area contributed by atoms with Crippen LogP contribution in [0.15, 0.2) is 34.6 Å². The Morgan fingerprint density at radius 3 is 1.88 bits per heavy atom. The van der Waals surface area contributed by atoms with Gasteiger partial charge >= 0.3 is 17.9 Å². The number of allylic oxidation sites excluding steroid dienone is 3. The molecule has 0 N–H and O–H groups in total. The van der Waals surface area contributed by atoms with Crippen LogP contribution in [0.3, 0.4) is 0 Å². The average molecular weight is 366 g/mol. The topological polar surface area (TPSA) is 88.1 Å². The zero-order valence-corrected chi connectivity index (χ0v) is 15.9. The maximum Gasteiger partial charge on any atom is 0.342 e. The molecule has 1 aliphatic carbocycles. The standard InChI is InChI=1S/C19H26O7/c1-6-12-11-13(23-7-2)15(17(20)24-8-3)14(12)16(18(21)25-9-4)19(22)26-10-5/h6,11,16H,7-10H2,1-5H3/b12-6+. The lowest BCUT2D eigenvalue weighted by Gasteiger charge is -2.18. The van der Waals surface area contributed by atoms with Gasteiger partial charge in [0.05, 0.1) is 26.4 Å².